The number of carbonyl (C=O) groups is 1. The lowest BCUT2D eigenvalue weighted by atomic mass is 10.2. The minimum atomic E-state index is -0.882. The van der Waals surface area contributed by atoms with Crippen LogP contribution in [0.5, 0.6) is 0 Å². The lowest BCUT2D eigenvalue weighted by Crippen LogP contribution is -2.31. The highest BCUT2D eigenvalue weighted by Crippen LogP contribution is 2.18. The highest BCUT2D eigenvalue weighted by molar-refractivity contribution is 9.10. The minimum Gasteiger partial charge on any atom is -0.325 e. The zero-order chi connectivity index (χ0) is 10.8. The van der Waals surface area contributed by atoms with Crippen molar-refractivity contribution in [3.05, 3.63) is 28.7 Å². The summed E-state index contributed by atoms with van der Waals surface area (Å²) in [4.78, 5) is 10.6. The van der Waals surface area contributed by atoms with Gasteiger partial charge in [-0.25, -0.2) is 0 Å². The number of halogens is 2. The molecule has 0 heterocycles. The van der Waals surface area contributed by atoms with Gasteiger partial charge in [0.15, 0.2) is 0 Å². The molecule has 0 saturated carbocycles. The number of anilines is 1. The summed E-state index contributed by atoms with van der Waals surface area (Å²) in [7, 11) is 0. The smallest absolute Gasteiger partial charge is 0.244 e. The van der Waals surface area contributed by atoms with Crippen molar-refractivity contribution in [3.63, 3.8) is 0 Å². The third kappa shape index (κ3) is 3.31. The number of hydrogen-bond donors (Lipinski definition) is 1. The molecule has 4 heteroatoms. The third-order valence-corrected chi connectivity index (χ3v) is 2.34. The Morgan fingerprint density at radius 3 is 2.29 bits per heavy atom. The second kappa shape index (κ2) is 4.32. The average molecular weight is 277 g/mol. The Kier molecular flexibility index (Phi) is 3.56. The molecule has 0 aliphatic rings. The predicted molar refractivity (Wildman–Crippen MR) is 62.7 cm³/mol. The molecule has 0 spiro atoms. The monoisotopic (exact) mass is 275 g/mol. The van der Waals surface area contributed by atoms with Gasteiger partial charge >= 0.3 is 0 Å². The van der Waals surface area contributed by atoms with Crippen LogP contribution in [0.3, 0.4) is 0 Å². The van der Waals surface area contributed by atoms with E-state index in [2.05, 4.69) is 21.2 Å². The molecule has 1 aromatic carbocycles. The molecule has 0 unspecified atom stereocenters. The van der Waals surface area contributed by atoms with Crippen molar-refractivity contribution in [2.24, 2.45) is 0 Å². The van der Waals surface area contributed by atoms with E-state index < -0.39 is 4.87 Å². The van der Waals surface area contributed by atoms with E-state index >= 15 is 0 Å². The zero-order valence-electron chi connectivity index (χ0n) is 7.97. The standard InChI is InChI=1S/C10H11BrClNO/c1-10(2,12)9(14)13-8-5-3-7(11)4-6-8/h3-6H,1-2H3,(H,13,14). The zero-order valence-corrected chi connectivity index (χ0v) is 10.3. The van der Waals surface area contributed by atoms with Gasteiger partial charge in [0.25, 0.3) is 0 Å². The molecule has 0 aliphatic heterocycles. The second-order valence-electron chi connectivity index (χ2n) is 3.43. The summed E-state index contributed by atoms with van der Waals surface area (Å²) >= 11 is 9.16. The first kappa shape index (κ1) is 11.5. The number of amides is 1. The van der Waals surface area contributed by atoms with Gasteiger partial charge in [-0.05, 0) is 38.1 Å². The Hall–Kier alpha value is -0.540. The van der Waals surface area contributed by atoms with Crippen LogP contribution in [-0.2, 0) is 4.79 Å². The van der Waals surface area contributed by atoms with Crippen molar-refractivity contribution in [2.45, 2.75) is 18.7 Å². The molecule has 1 rings (SSSR count). The van der Waals surface area contributed by atoms with Gasteiger partial charge in [0, 0.05) is 10.2 Å². The van der Waals surface area contributed by atoms with Crippen molar-refractivity contribution in [1.82, 2.24) is 0 Å². The maximum atomic E-state index is 11.5. The molecule has 76 valence electrons. The molecule has 0 bridgehead atoms. The van der Waals surface area contributed by atoms with Crippen LogP contribution in [0.2, 0.25) is 0 Å². The van der Waals surface area contributed by atoms with Gasteiger partial charge in [-0.2, -0.15) is 0 Å². The van der Waals surface area contributed by atoms with Gasteiger partial charge in [0.2, 0.25) is 5.91 Å². The van der Waals surface area contributed by atoms with Gasteiger partial charge in [-0.1, -0.05) is 15.9 Å². The van der Waals surface area contributed by atoms with E-state index in [1.54, 1.807) is 13.8 Å². The largest absolute Gasteiger partial charge is 0.325 e. The van der Waals surface area contributed by atoms with E-state index in [9.17, 15) is 4.79 Å². The van der Waals surface area contributed by atoms with Gasteiger partial charge < -0.3 is 5.32 Å². The van der Waals surface area contributed by atoms with Crippen molar-refractivity contribution >= 4 is 39.1 Å². The Labute approximate surface area is 96.8 Å². The van der Waals surface area contributed by atoms with Crippen LogP contribution in [0, 0.1) is 0 Å². The normalized spacial score (nSPS) is 11.1. The third-order valence-electron chi connectivity index (χ3n) is 1.64. The lowest BCUT2D eigenvalue weighted by Gasteiger charge is -2.15. The topological polar surface area (TPSA) is 29.1 Å². The lowest BCUT2D eigenvalue weighted by molar-refractivity contribution is -0.117. The van der Waals surface area contributed by atoms with Crippen LogP contribution in [0.1, 0.15) is 13.8 Å². The highest BCUT2D eigenvalue weighted by Gasteiger charge is 2.23. The van der Waals surface area contributed by atoms with E-state index in [-0.39, 0.29) is 5.91 Å². The van der Waals surface area contributed by atoms with Crippen molar-refractivity contribution in [1.29, 1.82) is 0 Å². The van der Waals surface area contributed by atoms with Crippen molar-refractivity contribution in [2.75, 3.05) is 5.32 Å². The Bertz CT molecular complexity index is 329. The summed E-state index contributed by atoms with van der Waals surface area (Å²) in [6.45, 7) is 3.31. The fraction of sp³-hybridized carbons (Fsp3) is 0.300. The molecule has 1 amide bonds. The van der Waals surface area contributed by atoms with Crippen LogP contribution in [0.4, 0.5) is 5.69 Å². The van der Waals surface area contributed by atoms with Crippen molar-refractivity contribution < 1.29 is 4.79 Å². The SMILES string of the molecule is CC(C)(Cl)C(=O)Nc1ccc(Br)cc1. The van der Waals surface area contributed by atoms with Gasteiger partial charge in [0.05, 0.1) is 0 Å². The molecule has 1 N–H and O–H groups in total. The molecule has 0 aliphatic carbocycles. The fourth-order valence-electron chi connectivity index (χ4n) is 0.813. The average Bonchev–Trinajstić information content (AvgIpc) is 2.07. The van der Waals surface area contributed by atoms with Crippen LogP contribution in [0.15, 0.2) is 28.7 Å². The molecule has 0 radical (unpaired) electrons. The molecule has 0 aromatic heterocycles. The summed E-state index contributed by atoms with van der Waals surface area (Å²) in [5, 5.41) is 2.72. The molecule has 1 aromatic rings. The molecule has 0 fully saturated rings. The van der Waals surface area contributed by atoms with Crippen LogP contribution in [-0.4, -0.2) is 10.8 Å². The molecular formula is C10H11BrClNO. The van der Waals surface area contributed by atoms with Crippen molar-refractivity contribution in [3.8, 4) is 0 Å². The predicted octanol–water partition coefficient (Wildman–Crippen LogP) is 3.41. The Morgan fingerprint density at radius 1 is 1.36 bits per heavy atom. The molecule has 14 heavy (non-hydrogen) atoms. The van der Waals surface area contributed by atoms with Crippen LogP contribution in [0.25, 0.3) is 0 Å². The van der Waals surface area contributed by atoms with Gasteiger partial charge in [-0.15, -0.1) is 11.6 Å². The molecule has 2 nitrogen and oxygen atoms in total. The fourth-order valence-corrected chi connectivity index (χ4v) is 1.12. The molecule has 0 atom stereocenters. The van der Waals surface area contributed by atoms with E-state index in [1.165, 1.54) is 0 Å². The van der Waals surface area contributed by atoms with E-state index in [1.807, 2.05) is 24.3 Å². The molecule has 0 saturated heterocycles. The van der Waals surface area contributed by atoms with Crippen LogP contribution >= 0.6 is 27.5 Å². The second-order valence-corrected chi connectivity index (χ2v) is 5.29. The van der Waals surface area contributed by atoms with Crippen LogP contribution < -0.4 is 5.32 Å². The van der Waals surface area contributed by atoms with Gasteiger partial charge in [-0.3, -0.25) is 4.79 Å². The maximum Gasteiger partial charge on any atom is 0.244 e. The minimum absolute atomic E-state index is 0.207. The number of hydrogen-bond acceptors (Lipinski definition) is 1. The first-order valence-electron chi connectivity index (χ1n) is 4.15. The van der Waals surface area contributed by atoms with E-state index in [0.717, 1.165) is 10.2 Å². The number of benzene rings is 1. The highest BCUT2D eigenvalue weighted by atomic mass is 79.9. The van der Waals surface area contributed by atoms with E-state index in [4.69, 9.17) is 11.6 Å². The Balaban J connectivity index is 2.71. The number of alkyl halides is 1. The summed E-state index contributed by atoms with van der Waals surface area (Å²) in [5.74, 6) is -0.207. The number of nitrogens with one attached hydrogen (secondary N) is 1. The Morgan fingerprint density at radius 2 is 1.86 bits per heavy atom. The summed E-state index contributed by atoms with van der Waals surface area (Å²) in [6, 6.07) is 7.34. The summed E-state index contributed by atoms with van der Waals surface area (Å²) in [6.07, 6.45) is 0. The van der Waals surface area contributed by atoms with E-state index in [0.29, 0.717) is 0 Å². The maximum absolute atomic E-state index is 11.5. The summed E-state index contributed by atoms with van der Waals surface area (Å²) < 4.78 is 0.973. The number of rotatable bonds is 2. The number of carbonyl (C=O) groups excluding carboxylic acids is 1. The van der Waals surface area contributed by atoms with Gasteiger partial charge in [0.1, 0.15) is 4.87 Å². The quantitative estimate of drug-likeness (QED) is 0.824. The first-order chi connectivity index (χ1) is 6.39. The first-order valence-corrected chi connectivity index (χ1v) is 5.32. The molecular weight excluding hydrogens is 265 g/mol. The summed E-state index contributed by atoms with van der Waals surface area (Å²) in [5.41, 5.74) is 0.743.